The van der Waals surface area contributed by atoms with Crippen LogP contribution in [0.5, 0.6) is 17.4 Å². The molecule has 0 fully saturated rings. The van der Waals surface area contributed by atoms with E-state index in [0.29, 0.717) is 28.9 Å². The van der Waals surface area contributed by atoms with Crippen LogP contribution in [0.3, 0.4) is 0 Å². The summed E-state index contributed by atoms with van der Waals surface area (Å²) in [6.07, 6.45) is 1.11. The van der Waals surface area contributed by atoms with E-state index in [1.165, 1.54) is 12.1 Å². The van der Waals surface area contributed by atoms with E-state index < -0.39 is 5.63 Å². The maximum atomic E-state index is 12.0. The molecule has 4 aromatic rings. The molecule has 0 aliphatic carbocycles. The van der Waals surface area contributed by atoms with Crippen molar-refractivity contribution >= 4 is 11.6 Å². The van der Waals surface area contributed by atoms with Gasteiger partial charge in [-0.1, -0.05) is 0 Å². The molecule has 3 heterocycles. The third-order valence-corrected chi connectivity index (χ3v) is 4.48. The van der Waals surface area contributed by atoms with E-state index in [1.54, 1.807) is 43.0 Å². The lowest BCUT2D eigenvalue weighted by molar-refractivity contribution is 0.0944. The number of aromatic nitrogens is 4. The number of hydrogen-bond acceptors (Lipinski definition) is 9. The normalized spacial score (nSPS) is 10.7. The van der Waals surface area contributed by atoms with Crippen molar-refractivity contribution in [2.24, 2.45) is 0 Å². The van der Waals surface area contributed by atoms with Crippen LogP contribution in [-0.4, -0.2) is 53.1 Å². The largest absolute Gasteiger partial charge is 0.493 e. The second-order valence-corrected chi connectivity index (χ2v) is 6.48. The van der Waals surface area contributed by atoms with E-state index in [2.05, 4.69) is 25.0 Å². The quantitative estimate of drug-likeness (QED) is 0.408. The summed E-state index contributed by atoms with van der Waals surface area (Å²) in [5.41, 5.74) is 1.00. The van der Waals surface area contributed by atoms with Crippen LogP contribution in [0.2, 0.25) is 0 Å². The van der Waals surface area contributed by atoms with E-state index in [4.69, 9.17) is 14.2 Å². The molecule has 0 atom stereocenters. The van der Waals surface area contributed by atoms with Crippen molar-refractivity contribution in [2.45, 2.75) is 0 Å². The molecule has 164 valence electrons. The number of amides is 1. The first-order valence-corrected chi connectivity index (χ1v) is 9.54. The monoisotopic (exact) mass is 437 g/mol. The maximum absolute atomic E-state index is 12.0. The van der Waals surface area contributed by atoms with Crippen molar-refractivity contribution < 1.29 is 23.4 Å². The fourth-order valence-electron chi connectivity index (χ4n) is 2.91. The molecular formula is C21H19N5O6. The Morgan fingerprint density at radius 3 is 2.66 bits per heavy atom. The highest BCUT2D eigenvalue weighted by Crippen LogP contribution is 2.31. The van der Waals surface area contributed by atoms with E-state index in [1.807, 2.05) is 6.07 Å². The Hall–Kier alpha value is -4.41. The number of nitrogens with zero attached hydrogens (tertiary/aromatic N) is 4. The first-order chi connectivity index (χ1) is 15.6. The lowest BCUT2D eigenvalue weighted by Crippen LogP contribution is -2.28. The summed E-state index contributed by atoms with van der Waals surface area (Å²) >= 11 is 0. The number of benzene rings is 1. The van der Waals surface area contributed by atoms with E-state index in [-0.39, 0.29) is 24.6 Å². The number of carbonyl (C=O) groups excluding carboxylic acids is 1. The minimum absolute atomic E-state index is 0.175. The average molecular weight is 437 g/mol. The van der Waals surface area contributed by atoms with Gasteiger partial charge in [-0.3, -0.25) is 4.79 Å². The fraction of sp³-hybridized carbons (Fsp3) is 0.190. The van der Waals surface area contributed by atoms with Gasteiger partial charge in [0.1, 0.15) is 12.9 Å². The Morgan fingerprint density at radius 2 is 1.91 bits per heavy atom. The topological polar surface area (TPSA) is 130 Å². The standard InChI is InChI=1S/C21H19N5O6/c1-29-15-5-3-13(11-16(15)30-2)20-24-23-17-6-7-18(25-26(17)20)31-10-9-22-21(28)14-4-8-19(27)32-12-14/h3-8,11-12H,9-10H2,1-2H3,(H,22,28). The van der Waals surface area contributed by atoms with Gasteiger partial charge in [-0.05, 0) is 30.3 Å². The van der Waals surface area contributed by atoms with Gasteiger partial charge in [-0.25, -0.2) is 4.79 Å². The highest BCUT2D eigenvalue weighted by atomic mass is 16.5. The molecule has 1 N–H and O–H groups in total. The van der Waals surface area contributed by atoms with Gasteiger partial charge in [0.2, 0.25) is 5.88 Å². The Morgan fingerprint density at radius 1 is 1.06 bits per heavy atom. The molecule has 0 bridgehead atoms. The molecule has 0 saturated carbocycles. The molecule has 1 amide bonds. The van der Waals surface area contributed by atoms with E-state index in [0.717, 1.165) is 11.8 Å². The van der Waals surface area contributed by atoms with Gasteiger partial charge in [-0.15, -0.1) is 15.3 Å². The summed E-state index contributed by atoms with van der Waals surface area (Å²) in [4.78, 5) is 23.0. The summed E-state index contributed by atoms with van der Waals surface area (Å²) in [6.45, 7) is 0.400. The molecule has 0 radical (unpaired) electrons. The number of hydrogen-bond donors (Lipinski definition) is 1. The number of nitrogens with one attached hydrogen (secondary N) is 1. The Labute approximate surface area is 181 Å². The van der Waals surface area contributed by atoms with Crippen molar-refractivity contribution in [1.82, 2.24) is 25.1 Å². The Balaban J connectivity index is 1.44. The highest BCUT2D eigenvalue weighted by molar-refractivity contribution is 5.93. The minimum Gasteiger partial charge on any atom is -0.493 e. The number of fused-ring (bicyclic) bond motifs is 1. The Kier molecular flexibility index (Phi) is 5.97. The molecular weight excluding hydrogens is 418 g/mol. The van der Waals surface area contributed by atoms with Crippen LogP contribution < -0.4 is 25.2 Å². The summed E-state index contributed by atoms with van der Waals surface area (Å²) in [7, 11) is 3.12. The lowest BCUT2D eigenvalue weighted by atomic mass is 10.2. The Bertz CT molecular complexity index is 1300. The predicted molar refractivity (Wildman–Crippen MR) is 112 cm³/mol. The molecule has 0 spiro atoms. The van der Waals surface area contributed by atoms with Gasteiger partial charge < -0.3 is 23.9 Å². The van der Waals surface area contributed by atoms with Crippen LogP contribution in [0.4, 0.5) is 0 Å². The number of ether oxygens (including phenoxy) is 3. The third-order valence-electron chi connectivity index (χ3n) is 4.48. The molecule has 32 heavy (non-hydrogen) atoms. The van der Waals surface area contributed by atoms with E-state index >= 15 is 0 Å². The van der Waals surface area contributed by atoms with Gasteiger partial charge in [-0.2, -0.15) is 4.52 Å². The molecule has 11 heteroatoms. The maximum Gasteiger partial charge on any atom is 0.335 e. The second-order valence-electron chi connectivity index (χ2n) is 6.48. The number of carbonyl (C=O) groups is 1. The molecule has 0 aliphatic heterocycles. The van der Waals surface area contributed by atoms with Crippen LogP contribution >= 0.6 is 0 Å². The van der Waals surface area contributed by atoms with Crippen molar-refractivity contribution in [3.63, 3.8) is 0 Å². The second kappa shape index (κ2) is 9.16. The van der Waals surface area contributed by atoms with Gasteiger partial charge in [0, 0.05) is 17.7 Å². The van der Waals surface area contributed by atoms with Crippen LogP contribution in [0, 0.1) is 0 Å². The predicted octanol–water partition coefficient (Wildman–Crippen LogP) is 1.57. The van der Waals surface area contributed by atoms with Crippen molar-refractivity contribution in [3.8, 4) is 28.8 Å². The SMILES string of the molecule is COc1ccc(-c2nnc3ccc(OCCNC(=O)c4ccc(=O)oc4)nn23)cc1OC. The smallest absolute Gasteiger partial charge is 0.335 e. The van der Waals surface area contributed by atoms with E-state index in [9.17, 15) is 9.59 Å². The van der Waals surface area contributed by atoms with Crippen LogP contribution in [0.15, 0.2) is 57.9 Å². The number of rotatable bonds is 8. The van der Waals surface area contributed by atoms with Gasteiger partial charge >= 0.3 is 5.63 Å². The van der Waals surface area contributed by atoms with Crippen molar-refractivity contribution in [1.29, 1.82) is 0 Å². The fourth-order valence-corrected chi connectivity index (χ4v) is 2.91. The molecule has 4 rings (SSSR count). The third kappa shape index (κ3) is 4.36. The van der Waals surface area contributed by atoms with Crippen molar-refractivity contribution in [3.05, 3.63) is 64.7 Å². The zero-order chi connectivity index (χ0) is 22.5. The van der Waals surface area contributed by atoms with Crippen LogP contribution in [0.1, 0.15) is 10.4 Å². The first kappa shape index (κ1) is 20.8. The zero-order valence-corrected chi connectivity index (χ0v) is 17.3. The summed E-state index contributed by atoms with van der Waals surface area (Å²) < 4.78 is 22.5. The average Bonchev–Trinajstić information content (AvgIpc) is 3.25. The van der Waals surface area contributed by atoms with Crippen LogP contribution in [-0.2, 0) is 0 Å². The summed E-state index contributed by atoms with van der Waals surface area (Å²) in [5, 5.41) is 15.4. The molecule has 1 aromatic carbocycles. The number of methoxy groups -OCH3 is 2. The summed E-state index contributed by atoms with van der Waals surface area (Å²) in [6, 6.07) is 11.3. The zero-order valence-electron chi connectivity index (χ0n) is 17.3. The molecule has 0 aliphatic rings. The molecule has 0 unspecified atom stereocenters. The van der Waals surface area contributed by atoms with Crippen molar-refractivity contribution in [2.75, 3.05) is 27.4 Å². The molecule has 0 saturated heterocycles. The highest BCUT2D eigenvalue weighted by Gasteiger charge is 2.14. The lowest BCUT2D eigenvalue weighted by Gasteiger charge is -2.09. The first-order valence-electron chi connectivity index (χ1n) is 9.54. The van der Waals surface area contributed by atoms with Gasteiger partial charge in [0.05, 0.1) is 26.3 Å². The van der Waals surface area contributed by atoms with Gasteiger partial charge in [0.15, 0.2) is 23.0 Å². The van der Waals surface area contributed by atoms with Gasteiger partial charge in [0.25, 0.3) is 5.91 Å². The van der Waals surface area contributed by atoms with Crippen LogP contribution in [0.25, 0.3) is 17.0 Å². The summed E-state index contributed by atoms with van der Waals surface area (Å²) in [5.74, 6) is 1.61. The molecule has 11 nitrogen and oxygen atoms in total. The molecule has 3 aromatic heterocycles. The minimum atomic E-state index is -0.521.